The van der Waals surface area contributed by atoms with E-state index in [9.17, 15) is 10.1 Å². The SMILES string of the molecule is Cn1cc(-c2ccc(N(C(=O)CCc3ccccc3)C3CCC(Nc4ncc(C#N)c(-c5cncnc5)n4)CC3)cc2)cn1. The van der Waals surface area contributed by atoms with Crippen molar-refractivity contribution in [2.45, 2.75) is 50.6 Å². The number of nitrogens with zero attached hydrogens (tertiary/aromatic N) is 8. The topological polar surface area (TPSA) is 126 Å². The molecule has 0 saturated heterocycles. The predicted octanol–water partition coefficient (Wildman–Crippen LogP) is 5.59. The van der Waals surface area contributed by atoms with Crippen LogP contribution >= 0.6 is 0 Å². The van der Waals surface area contributed by atoms with Gasteiger partial charge in [0, 0.05) is 61.0 Å². The lowest BCUT2D eigenvalue weighted by Crippen LogP contribution is -2.44. The van der Waals surface area contributed by atoms with Crippen molar-refractivity contribution in [1.29, 1.82) is 5.26 Å². The van der Waals surface area contributed by atoms with Crippen LogP contribution in [0.2, 0.25) is 0 Å². The van der Waals surface area contributed by atoms with Crippen LogP contribution in [-0.4, -0.2) is 47.7 Å². The van der Waals surface area contributed by atoms with Gasteiger partial charge < -0.3 is 10.2 Å². The van der Waals surface area contributed by atoms with E-state index in [1.54, 1.807) is 17.1 Å². The van der Waals surface area contributed by atoms with Crippen LogP contribution in [0.5, 0.6) is 0 Å². The molecule has 0 radical (unpaired) electrons. The molecule has 220 valence electrons. The van der Waals surface area contributed by atoms with Crippen LogP contribution in [0, 0.1) is 11.3 Å². The van der Waals surface area contributed by atoms with Crippen molar-refractivity contribution in [3.8, 4) is 28.5 Å². The van der Waals surface area contributed by atoms with Gasteiger partial charge >= 0.3 is 0 Å². The van der Waals surface area contributed by atoms with E-state index in [1.807, 2.05) is 54.7 Å². The zero-order valence-electron chi connectivity index (χ0n) is 24.5. The Bertz CT molecular complexity index is 1740. The molecule has 3 heterocycles. The summed E-state index contributed by atoms with van der Waals surface area (Å²) < 4.78 is 1.79. The highest BCUT2D eigenvalue weighted by molar-refractivity contribution is 5.94. The average Bonchev–Trinajstić information content (AvgIpc) is 3.52. The van der Waals surface area contributed by atoms with Gasteiger partial charge in [0.2, 0.25) is 11.9 Å². The number of hydrogen-bond acceptors (Lipinski definition) is 8. The van der Waals surface area contributed by atoms with Crippen LogP contribution < -0.4 is 10.2 Å². The predicted molar refractivity (Wildman–Crippen MR) is 168 cm³/mol. The molecule has 2 aromatic carbocycles. The molecule has 5 aromatic rings. The van der Waals surface area contributed by atoms with Gasteiger partial charge in [-0.2, -0.15) is 10.4 Å². The van der Waals surface area contributed by atoms with Gasteiger partial charge in [0.25, 0.3) is 0 Å². The minimum atomic E-state index is 0.0828. The fourth-order valence-corrected chi connectivity index (χ4v) is 5.80. The Morgan fingerprint density at radius 1 is 0.955 bits per heavy atom. The molecule has 1 aliphatic rings. The fourth-order valence-electron chi connectivity index (χ4n) is 5.80. The standard InChI is InChI=1S/C34H33N9O/c1-42-22-28(21-39-42)25-8-12-30(13-9-25)43(32(44)16-7-24-5-3-2-4-6-24)31-14-10-29(11-15-31)40-34-38-20-26(17-35)33(41-34)27-18-36-23-37-19-27/h2-6,8-9,12-13,18-23,29,31H,7,10-11,14-16H2,1H3,(H,38,40,41). The minimum absolute atomic E-state index is 0.0828. The molecule has 0 unspecified atom stereocenters. The van der Waals surface area contributed by atoms with Gasteiger partial charge in [-0.3, -0.25) is 9.48 Å². The first-order chi connectivity index (χ1) is 21.6. The molecule has 10 heteroatoms. The first-order valence-electron chi connectivity index (χ1n) is 14.8. The van der Waals surface area contributed by atoms with E-state index in [-0.39, 0.29) is 18.0 Å². The second-order valence-electron chi connectivity index (χ2n) is 11.0. The van der Waals surface area contributed by atoms with Gasteiger partial charge in [0.05, 0.1) is 23.7 Å². The van der Waals surface area contributed by atoms with Crippen LogP contribution in [-0.2, 0) is 18.3 Å². The first-order valence-corrected chi connectivity index (χ1v) is 14.8. The number of nitriles is 1. The summed E-state index contributed by atoms with van der Waals surface area (Å²) in [6.45, 7) is 0. The Hall–Kier alpha value is -5.43. The summed E-state index contributed by atoms with van der Waals surface area (Å²) in [7, 11) is 1.90. The number of aryl methyl sites for hydroxylation is 2. The van der Waals surface area contributed by atoms with Crippen LogP contribution in [0.4, 0.5) is 11.6 Å². The first kappa shape index (κ1) is 28.7. The maximum atomic E-state index is 13.8. The highest BCUT2D eigenvalue weighted by Gasteiger charge is 2.30. The monoisotopic (exact) mass is 583 g/mol. The van der Waals surface area contributed by atoms with Crippen LogP contribution in [0.15, 0.2) is 91.9 Å². The zero-order valence-corrected chi connectivity index (χ0v) is 24.5. The number of benzene rings is 2. The van der Waals surface area contributed by atoms with Gasteiger partial charge in [0.15, 0.2) is 0 Å². The molecule has 1 aliphatic carbocycles. The molecule has 10 nitrogen and oxygen atoms in total. The Balaban J connectivity index is 1.17. The molecule has 0 spiro atoms. The number of amides is 1. The molecule has 3 aromatic heterocycles. The second-order valence-corrected chi connectivity index (χ2v) is 11.0. The number of hydrogen-bond donors (Lipinski definition) is 1. The number of rotatable bonds is 9. The lowest BCUT2D eigenvalue weighted by molar-refractivity contribution is -0.119. The van der Waals surface area contributed by atoms with E-state index in [1.165, 1.54) is 12.5 Å². The molecule has 44 heavy (non-hydrogen) atoms. The Labute approximate surface area is 256 Å². The maximum absolute atomic E-state index is 13.8. The number of anilines is 2. The van der Waals surface area contributed by atoms with E-state index < -0.39 is 0 Å². The number of carbonyl (C=O) groups excluding carboxylic acids is 1. The Morgan fingerprint density at radius 2 is 1.70 bits per heavy atom. The van der Waals surface area contributed by atoms with Gasteiger partial charge in [0.1, 0.15) is 12.4 Å². The highest BCUT2D eigenvalue weighted by Crippen LogP contribution is 2.32. The maximum Gasteiger partial charge on any atom is 0.227 e. The molecular formula is C34H33N9O. The molecule has 1 amide bonds. The average molecular weight is 584 g/mol. The number of carbonyl (C=O) groups is 1. The van der Waals surface area contributed by atoms with Crippen molar-refractivity contribution in [3.05, 3.63) is 103 Å². The quantitative estimate of drug-likeness (QED) is 0.238. The summed E-state index contributed by atoms with van der Waals surface area (Å²) in [6.07, 6.45) is 14.6. The molecular weight excluding hydrogens is 550 g/mol. The second kappa shape index (κ2) is 13.3. The largest absolute Gasteiger partial charge is 0.351 e. The third-order valence-electron chi connectivity index (χ3n) is 8.06. The summed E-state index contributed by atoms with van der Waals surface area (Å²) in [5.74, 6) is 0.595. The highest BCUT2D eigenvalue weighted by atomic mass is 16.2. The Morgan fingerprint density at radius 3 is 2.39 bits per heavy atom. The van der Waals surface area contributed by atoms with E-state index >= 15 is 0 Å². The third-order valence-corrected chi connectivity index (χ3v) is 8.06. The van der Waals surface area contributed by atoms with Crippen molar-refractivity contribution < 1.29 is 4.79 Å². The molecule has 0 bridgehead atoms. The van der Waals surface area contributed by atoms with Crippen LogP contribution in [0.25, 0.3) is 22.4 Å². The minimum Gasteiger partial charge on any atom is -0.351 e. The van der Waals surface area contributed by atoms with Crippen molar-refractivity contribution >= 4 is 17.5 Å². The van der Waals surface area contributed by atoms with Gasteiger partial charge in [-0.25, -0.2) is 19.9 Å². The van der Waals surface area contributed by atoms with E-state index in [4.69, 9.17) is 0 Å². The molecule has 1 fully saturated rings. The third kappa shape index (κ3) is 6.63. The van der Waals surface area contributed by atoms with Crippen LogP contribution in [0.1, 0.15) is 43.2 Å². The molecule has 6 rings (SSSR count). The van der Waals surface area contributed by atoms with E-state index in [0.29, 0.717) is 35.6 Å². The van der Waals surface area contributed by atoms with Crippen molar-refractivity contribution in [2.75, 3.05) is 10.2 Å². The van der Waals surface area contributed by atoms with Crippen molar-refractivity contribution in [2.24, 2.45) is 7.05 Å². The number of aromatic nitrogens is 6. The van der Waals surface area contributed by atoms with Gasteiger partial charge in [-0.1, -0.05) is 42.5 Å². The molecule has 0 atom stereocenters. The van der Waals surface area contributed by atoms with Crippen LogP contribution in [0.3, 0.4) is 0 Å². The molecule has 0 aliphatic heterocycles. The van der Waals surface area contributed by atoms with E-state index in [2.05, 4.69) is 60.7 Å². The normalized spacial score (nSPS) is 16.2. The lowest BCUT2D eigenvalue weighted by atomic mass is 9.89. The zero-order chi connectivity index (χ0) is 30.3. The van der Waals surface area contributed by atoms with Crippen molar-refractivity contribution in [3.63, 3.8) is 0 Å². The summed E-state index contributed by atoms with van der Waals surface area (Å²) in [5, 5.41) is 17.3. The smallest absolute Gasteiger partial charge is 0.227 e. The molecule has 1 saturated carbocycles. The molecule has 1 N–H and O–H groups in total. The fraction of sp³-hybridized carbons (Fsp3) is 0.265. The van der Waals surface area contributed by atoms with Gasteiger partial charge in [-0.05, 0) is 55.4 Å². The Kier molecular flexibility index (Phi) is 8.64. The summed E-state index contributed by atoms with van der Waals surface area (Å²) in [5.41, 5.74) is 5.72. The summed E-state index contributed by atoms with van der Waals surface area (Å²) >= 11 is 0. The van der Waals surface area contributed by atoms with Crippen molar-refractivity contribution in [1.82, 2.24) is 29.7 Å². The summed E-state index contributed by atoms with van der Waals surface area (Å²) in [6, 6.07) is 20.8. The van der Waals surface area contributed by atoms with E-state index in [0.717, 1.165) is 48.1 Å². The summed E-state index contributed by atoms with van der Waals surface area (Å²) in [4.78, 5) is 33.0. The van der Waals surface area contributed by atoms with Gasteiger partial charge in [-0.15, -0.1) is 0 Å². The number of nitrogens with one attached hydrogen (secondary N) is 1. The lowest BCUT2D eigenvalue weighted by Gasteiger charge is -2.37.